The van der Waals surface area contributed by atoms with E-state index in [-0.39, 0.29) is 5.82 Å². The lowest BCUT2D eigenvalue weighted by Crippen LogP contribution is -2.40. The number of hydrogen-bond donors (Lipinski definition) is 1. The average molecular weight is 314 g/mol. The van der Waals surface area contributed by atoms with E-state index in [0.29, 0.717) is 23.3 Å². The molecule has 1 N–H and O–H groups in total. The summed E-state index contributed by atoms with van der Waals surface area (Å²) in [4.78, 5) is 0. The monoisotopic (exact) mass is 314 g/mol. The maximum atomic E-state index is 13.5. The molecule has 0 spiro atoms. The van der Waals surface area contributed by atoms with Crippen molar-refractivity contribution in [3.8, 4) is 0 Å². The summed E-state index contributed by atoms with van der Waals surface area (Å²) in [5.74, 6) is -0.296. The lowest BCUT2D eigenvalue weighted by molar-refractivity contribution is -0.0892. The van der Waals surface area contributed by atoms with Crippen LogP contribution in [0.15, 0.2) is 60.7 Å². The summed E-state index contributed by atoms with van der Waals surface area (Å²) in [5.41, 5.74) is 1.29. The molecule has 0 aliphatic rings. The van der Waals surface area contributed by atoms with Gasteiger partial charge in [0.05, 0.1) is 12.7 Å². The Morgan fingerprint density at radius 2 is 1.91 bits per heavy atom. The van der Waals surface area contributed by atoms with E-state index in [2.05, 4.69) is 6.58 Å². The molecule has 0 fully saturated rings. The standard InChI is InChI=1S/C20H23FO2/c1-14(2)20(22,18-10-11-19(21)15(3)12-18)16(4)23-13-17-8-6-5-7-9-17/h5-12,16,22H,1,13H2,2-4H3/t16-,20-/m0/s1. The Bertz CT molecular complexity index is 681. The zero-order valence-electron chi connectivity index (χ0n) is 13.8. The molecule has 2 atom stereocenters. The van der Waals surface area contributed by atoms with Crippen LogP contribution in [0.5, 0.6) is 0 Å². The van der Waals surface area contributed by atoms with Crippen LogP contribution in [0.3, 0.4) is 0 Å². The van der Waals surface area contributed by atoms with Crippen molar-refractivity contribution in [3.05, 3.63) is 83.2 Å². The van der Waals surface area contributed by atoms with Gasteiger partial charge in [0.1, 0.15) is 11.4 Å². The molecule has 2 aromatic carbocycles. The number of hydrogen-bond acceptors (Lipinski definition) is 2. The van der Waals surface area contributed by atoms with Gasteiger partial charge in [-0.1, -0.05) is 43.0 Å². The van der Waals surface area contributed by atoms with Gasteiger partial charge in [-0.25, -0.2) is 4.39 Å². The van der Waals surface area contributed by atoms with Crippen molar-refractivity contribution < 1.29 is 14.2 Å². The third-order valence-electron chi connectivity index (χ3n) is 4.18. The lowest BCUT2D eigenvalue weighted by atomic mass is 9.82. The van der Waals surface area contributed by atoms with E-state index in [1.165, 1.54) is 6.07 Å². The summed E-state index contributed by atoms with van der Waals surface area (Å²) in [6.07, 6.45) is -0.523. The molecule has 3 heteroatoms. The molecule has 0 unspecified atom stereocenters. The molecule has 2 rings (SSSR count). The summed E-state index contributed by atoms with van der Waals surface area (Å²) < 4.78 is 19.4. The fourth-order valence-corrected chi connectivity index (χ4v) is 2.63. The number of benzene rings is 2. The van der Waals surface area contributed by atoms with E-state index in [0.717, 1.165) is 5.56 Å². The minimum absolute atomic E-state index is 0.296. The lowest BCUT2D eigenvalue weighted by Gasteiger charge is -2.35. The molecule has 0 saturated carbocycles. The van der Waals surface area contributed by atoms with E-state index >= 15 is 0 Å². The van der Waals surface area contributed by atoms with Gasteiger partial charge in [0, 0.05) is 0 Å². The molecule has 0 aliphatic carbocycles. The van der Waals surface area contributed by atoms with Gasteiger partial charge in [0.2, 0.25) is 0 Å². The second-order valence-electron chi connectivity index (χ2n) is 5.95. The molecule has 0 aliphatic heterocycles. The van der Waals surface area contributed by atoms with Crippen LogP contribution in [0.2, 0.25) is 0 Å². The highest BCUT2D eigenvalue weighted by Gasteiger charge is 2.37. The number of halogens is 1. The van der Waals surface area contributed by atoms with Crippen LogP contribution in [-0.4, -0.2) is 11.2 Å². The van der Waals surface area contributed by atoms with E-state index < -0.39 is 11.7 Å². The Morgan fingerprint density at radius 1 is 1.26 bits per heavy atom. The van der Waals surface area contributed by atoms with Gasteiger partial charge < -0.3 is 9.84 Å². The van der Waals surface area contributed by atoms with Crippen molar-refractivity contribution in [2.24, 2.45) is 0 Å². The highest BCUT2D eigenvalue weighted by molar-refractivity contribution is 5.35. The predicted molar refractivity (Wildman–Crippen MR) is 90.5 cm³/mol. The molecule has 0 radical (unpaired) electrons. The molecule has 2 nitrogen and oxygen atoms in total. The third kappa shape index (κ3) is 3.69. The van der Waals surface area contributed by atoms with E-state index in [4.69, 9.17) is 4.74 Å². The molecule has 0 bridgehead atoms. The van der Waals surface area contributed by atoms with Crippen LogP contribution >= 0.6 is 0 Å². The van der Waals surface area contributed by atoms with E-state index in [1.807, 2.05) is 30.3 Å². The Hall–Kier alpha value is -1.97. The normalized spacial score (nSPS) is 15.0. The van der Waals surface area contributed by atoms with Crippen molar-refractivity contribution >= 4 is 0 Å². The first-order chi connectivity index (χ1) is 10.9. The zero-order chi connectivity index (χ0) is 17.0. The zero-order valence-corrected chi connectivity index (χ0v) is 13.8. The first-order valence-corrected chi connectivity index (χ1v) is 7.66. The molecule has 122 valence electrons. The first kappa shape index (κ1) is 17.4. The predicted octanol–water partition coefficient (Wildman–Crippen LogP) is 4.50. The summed E-state index contributed by atoms with van der Waals surface area (Å²) in [6, 6.07) is 14.4. The van der Waals surface area contributed by atoms with Crippen molar-refractivity contribution in [1.82, 2.24) is 0 Å². The van der Waals surface area contributed by atoms with Crippen LogP contribution in [0, 0.1) is 12.7 Å². The maximum Gasteiger partial charge on any atom is 0.136 e. The van der Waals surface area contributed by atoms with E-state index in [1.54, 1.807) is 32.9 Å². The first-order valence-electron chi connectivity index (χ1n) is 7.66. The highest BCUT2D eigenvalue weighted by atomic mass is 19.1. The van der Waals surface area contributed by atoms with Gasteiger partial charge in [0.15, 0.2) is 0 Å². The topological polar surface area (TPSA) is 29.5 Å². The van der Waals surface area contributed by atoms with Crippen LogP contribution in [-0.2, 0) is 16.9 Å². The molecular weight excluding hydrogens is 291 g/mol. The second-order valence-corrected chi connectivity index (χ2v) is 5.95. The van der Waals surface area contributed by atoms with Crippen LogP contribution in [0.25, 0.3) is 0 Å². The minimum Gasteiger partial charge on any atom is -0.378 e. The Balaban J connectivity index is 2.25. The molecule has 0 amide bonds. The molecule has 0 heterocycles. The Morgan fingerprint density at radius 3 is 2.48 bits per heavy atom. The maximum absolute atomic E-state index is 13.5. The van der Waals surface area contributed by atoms with Gasteiger partial charge >= 0.3 is 0 Å². The molecule has 0 saturated heterocycles. The molecule has 23 heavy (non-hydrogen) atoms. The van der Waals surface area contributed by atoms with Crippen molar-refractivity contribution in [2.75, 3.05) is 0 Å². The largest absolute Gasteiger partial charge is 0.378 e. The van der Waals surface area contributed by atoms with Gasteiger partial charge in [-0.15, -0.1) is 0 Å². The quantitative estimate of drug-likeness (QED) is 0.795. The highest BCUT2D eigenvalue weighted by Crippen LogP contribution is 2.34. The fraction of sp³-hybridized carbons (Fsp3) is 0.300. The van der Waals surface area contributed by atoms with Gasteiger partial charge in [-0.3, -0.25) is 0 Å². The second kappa shape index (κ2) is 7.07. The average Bonchev–Trinajstić information content (AvgIpc) is 2.55. The smallest absolute Gasteiger partial charge is 0.136 e. The van der Waals surface area contributed by atoms with Crippen molar-refractivity contribution in [3.63, 3.8) is 0 Å². The summed E-state index contributed by atoms with van der Waals surface area (Å²) in [5, 5.41) is 11.2. The summed E-state index contributed by atoms with van der Waals surface area (Å²) >= 11 is 0. The Labute approximate surface area is 137 Å². The van der Waals surface area contributed by atoms with Crippen LogP contribution in [0.1, 0.15) is 30.5 Å². The van der Waals surface area contributed by atoms with Crippen molar-refractivity contribution in [2.45, 2.75) is 39.1 Å². The fourth-order valence-electron chi connectivity index (χ4n) is 2.63. The Kier molecular flexibility index (Phi) is 5.34. The number of ether oxygens (including phenoxy) is 1. The molecular formula is C20H23FO2. The molecule has 0 aromatic heterocycles. The SMILES string of the molecule is C=C(C)[C@@](O)(c1ccc(F)c(C)c1)[C@H](C)OCc1ccccc1. The van der Waals surface area contributed by atoms with Gasteiger partial charge in [-0.2, -0.15) is 0 Å². The molecule has 2 aromatic rings. The van der Waals surface area contributed by atoms with Gasteiger partial charge in [0.25, 0.3) is 0 Å². The van der Waals surface area contributed by atoms with Crippen LogP contribution < -0.4 is 0 Å². The van der Waals surface area contributed by atoms with Gasteiger partial charge in [-0.05, 0) is 55.2 Å². The van der Waals surface area contributed by atoms with E-state index in [9.17, 15) is 9.50 Å². The number of aryl methyl sites for hydroxylation is 1. The summed E-state index contributed by atoms with van der Waals surface area (Å²) in [6.45, 7) is 9.52. The minimum atomic E-state index is -1.37. The number of aliphatic hydroxyl groups is 1. The number of rotatable bonds is 6. The third-order valence-corrected chi connectivity index (χ3v) is 4.18. The van der Waals surface area contributed by atoms with Crippen molar-refractivity contribution in [1.29, 1.82) is 0 Å². The van der Waals surface area contributed by atoms with Crippen LogP contribution in [0.4, 0.5) is 4.39 Å². The summed E-state index contributed by atoms with van der Waals surface area (Å²) in [7, 11) is 0.